The molecule has 0 radical (unpaired) electrons. The van der Waals surface area contributed by atoms with Crippen LogP contribution in [0.3, 0.4) is 0 Å². The average Bonchev–Trinajstić information content (AvgIpc) is 2.25. The molecule has 2 nitrogen and oxygen atoms in total. The van der Waals surface area contributed by atoms with Crippen molar-refractivity contribution in [2.75, 3.05) is 13.1 Å². The molecule has 0 atom stereocenters. The predicted molar refractivity (Wildman–Crippen MR) is 59.1 cm³/mol. The Hall–Kier alpha value is -0.530. The van der Waals surface area contributed by atoms with Crippen LogP contribution in [0.15, 0.2) is 0 Å². The summed E-state index contributed by atoms with van der Waals surface area (Å²) < 4.78 is 0. The van der Waals surface area contributed by atoms with E-state index in [4.69, 9.17) is 0 Å². The molecule has 14 heavy (non-hydrogen) atoms. The van der Waals surface area contributed by atoms with E-state index in [-0.39, 0.29) is 5.92 Å². The van der Waals surface area contributed by atoms with E-state index in [1.54, 1.807) is 0 Å². The minimum absolute atomic E-state index is 0.149. The van der Waals surface area contributed by atoms with Crippen LogP contribution in [0, 0.1) is 11.3 Å². The van der Waals surface area contributed by atoms with Crippen molar-refractivity contribution < 1.29 is 4.79 Å². The second-order valence-electron chi connectivity index (χ2n) is 5.50. The monoisotopic (exact) mass is 197 g/mol. The Morgan fingerprint density at radius 1 is 1.21 bits per heavy atom. The number of carbonyl (C=O) groups is 1. The van der Waals surface area contributed by atoms with Crippen LogP contribution >= 0.6 is 0 Å². The van der Waals surface area contributed by atoms with Crippen molar-refractivity contribution in [3.63, 3.8) is 0 Å². The fraction of sp³-hybridized carbons (Fsp3) is 0.917. The van der Waals surface area contributed by atoms with Crippen LogP contribution in [-0.2, 0) is 4.79 Å². The molecule has 1 amide bonds. The van der Waals surface area contributed by atoms with Crippen LogP contribution in [0.5, 0.6) is 0 Å². The van der Waals surface area contributed by atoms with Gasteiger partial charge in [-0.15, -0.1) is 0 Å². The molecule has 1 fully saturated rings. The van der Waals surface area contributed by atoms with Crippen LogP contribution in [-0.4, -0.2) is 23.9 Å². The standard InChI is InChI=1S/C12H23NO/c1-10(2)11(14)13-8-5-6-12(3,4)7-9-13/h10H,5-9H2,1-4H3. The number of hydrogen-bond acceptors (Lipinski definition) is 1. The van der Waals surface area contributed by atoms with E-state index in [2.05, 4.69) is 13.8 Å². The first-order valence-electron chi connectivity index (χ1n) is 5.71. The Balaban J connectivity index is 2.54. The lowest BCUT2D eigenvalue weighted by Crippen LogP contribution is -2.35. The first-order chi connectivity index (χ1) is 6.42. The Morgan fingerprint density at radius 3 is 2.43 bits per heavy atom. The summed E-state index contributed by atoms with van der Waals surface area (Å²) in [5.74, 6) is 0.471. The van der Waals surface area contributed by atoms with E-state index < -0.39 is 0 Å². The summed E-state index contributed by atoms with van der Waals surface area (Å²) in [6, 6.07) is 0. The highest BCUT2D eigenvalue weighted by atomic mass is 16.2. The maximum Gasteiger partial charge on any atom is 0.225 e. The molecule has 1 aliphatic rings. The Bertz CT molecular complexity index is 208. The minimum atomic E-state index is 0.149. The fourth-order valence-corrected chi connectivity index (χ4v) is 2.01. The van der Waals surface area contributed by atoms with Crippen molar-refractivity contribution in [3.8, 4) is 0 Å². The summed E-state index contributed by atoms with van der Waals surface area (Å²) >= 11 is 0. The minimum Gasteiger partial charge on any atom is -0.342 e. The number of rotatable bonds is 1. The van der Waals surface area contributed by atoms with Gasteiger partial charge >= 0.3 is 0 Å². The quantitative estimate of drug-likeness (QED) is 0.633. The first kappa shape index (κ1) is 11.5. The lowest BCUT2D eigenvalue weighted by atomic mass is 9.85. The van der Waals surface area contributed by atoms with Gasteiger partial charge in [0.2, 0.25) is 5.91 Å². The van der Waals surface area contributed by atoms with Crippen LogP contribution in [0.1, 0.15) is 47.0 Å². The molecule has 82 valence electrons. The third-order valence-electron chi connectivity index (χ3n) is 3.15. The molecule has 2 heteroatoms. The summed E-state index contributed by atoms with van der Waals surface area (Å²) in [5, 5.41) is 0. The molecule has 0 aromatic carbocycles. The maximum atomic E-state index is 11.8. The predicted octanol–water partition coefficient (Wildman–Crippen LogP) is 2.68. The highest BCUT2D eigenvalue weighted by molar-refractivity contribution is 5.78. The zero-order valence-corrected chi connectivity index (χ0v) is 9.97. The molecule has 1 saturated heterocycles. The Morgan fingerprint density at radius 2 is 1.86 bits per heavy atom. The van der Waals surface area contributed by atoms with Gasteiger partial charge < -0.3 is 4.90 Å². The van der Waals surface area contributed by atoms with Crippen LogP contribution in [0.4, 0.5) is 0 Å². The van der Waals surface area contributed by atoms with Crippen LogP contribution in [0.2, 0.25) is 0 Å². The van der Waals surface area contributed by atoms with Crippen molar-refractivity contribution in [1.29, 1.82) is 0 Å². The SMILES string of the molecule is CC(C)C(=O)N1CCCC(C)(C)CC1. The number of likely N-dealkylation sites (tertiary alicyclic amines) is 1. The van der Waals surface area contributed by atoms with E-state index in [9.17, 15) is 4.79 Å². The molecule has 0 aromatic heterocycles. The van der Waals surface area contributed by atoms with Gasteiger partial charge in [0.15, 0.2) is 0 Å². The average molecular weight is 197 g/mol. The maximum absolute atomic E-state index is 11.8. The molecular formula is C12H23NO. The topological polar surface area (TPSA) is 20.3 Å². The molecule has 1 heterocycles. The Kier molecular flexibility index (Phi) is 3.57. The largest absolute Gasteiger partial charge is 0.342 e. The van der Waals surface area contributed by atoms with E-state index >= 15 is 0 Å². The summed E-state index contributed by atoms with van der Waals surface area (Å²) in [4.78, 5) is 13.8. The molecule has 0 saturated carbocycles. The van der Waals surface area contributed by atoms with Crippen LogP contribution < -0.4 is 0 Å². The van der Waals surface area contributed by atoms with Crippen molar-refractivity contribution in [2.24, 2.45) is 11.3 Å². The summed E-state index contributed by atoms with van der Waals surface area (Å²) in [6.45, 7) is 10.5. The van der Waals surface area contributed by atoms with Gasteiger partial charge in [-0.25, -0.2) is 0 Å². The van der Waals surface area contributed by atoms with E-state index in [1.165, 1.54) is 6.42 Å². The molecule has 0 unspecified atom stereocenters. The first-order valence-corrected chi connectivity index (χ1v) is 5.71. The summed E-state index contributed by atoms with van der Waals surface area (Å²) in [7, 11) is 0. The van der Waals surface area contributed by atoms with Gasteiger partial charge in [0, 0.05) is 19.0 Å². The van der Waals surface area contributed by atoms with Gasteiger partial charge in [-0.1, -0.05) is 27.7 Å². The second-order valence-corrected chi connectivity index (χ2v) is 5.50. The number of nitrogens with zero attached hydrogens (tertiary/aromatic N) is 1. The van der Waals surface area contributed by atoms with Gasteiger partial charge in [0.05, 0.1) is 0 Å². The smallest absolute Gasteiger partial charge is 0.225 e. The van der Waals surface area contributed by atoms with E-state index in [1.807, 2.05) is 18.7 Å². The van der Waals surface area contributed by atoms with E-state index in [0.717, 1.165) is 25.9 Å². The van der Waals surface area contributed by atoms with Gasteiger partial charge in [0.25, 0.3) is 0 Å². The lowest BCUT2D eigenvalue weighted by molar-refractivity contribution is -0.134. The number of hydrogen-bond donors (Lipinski definition) is 0. The number of amides is 1. The molecule has 1 rings (SSSR count). The fourth-order valence-electron chi connectivity index (χ4n) is 2.01. The number of carbonyl (C=O) groups excluding carboxylic acids is 1. The zero-order valence-electron chi connectivity index (χ0n) is 9.97. The van der Waals surface area contributed by atoms with Crippen LogP contribution in [0.25, 0.3) is 0 Å². The van der Waals surface area contributed by atoms with Crippen molar-refractivity contribution in [3.05, 3.63) is 0 Å². The molecule has 0 aliphatic carbocycles. The van der Waals surface area contributed by atoms with Crippen molar-refractivity contribution in [2.45, 2.75) is 47.0 Å². The van der Waals surface area contributed by atoms with Gasteiger partial charge in [-0.05, 0) is 24.7 Å². The van der Waals surface area contributed by atoms with Gasteiger partial charge in [0.1, 0.15) is 0 Å². The molecule has 0 spiro atoms. The third kappa shape index (κ3) is 3.00. The zero-order chi connectivity index (χ0) is 10.8. The molecule has 0 bridgehead atoms. The van der Waals surface area contributed by atoms with Gasteiger partial charge in [-0.2, -0.15) is 0 Å². The normalized spacial score (nSPS) is 22.2. The Labute approximate surface area is 87.7 Å². The van der Waals surface area contributed by atoms with Gasteiger partial charge in [-0.3, -0.25) is 4.79 Å². The molecule has 0 aromatic rings. The summed E-state index contributed by atoms with van der Waals surface area (Å²) in [5.41, 5.74) is 0.423. The summed E-state index contributed by atoms with van der Waals surface area (Å²) in [6.07, 6.45) is 3.55. The molecule has 0 N–H and O–H groups in total. The van der Waals surface area contributed by atoms with Crippen molar-refractivity contribution in [1.82, 2.24) is 4.90 Å². The molecule has 1 aliphatic heterocycles. The van der Waals surface area contributed by atoms with E-state index in [0.29, 0.717) is 11.3 Å². The van der Waals surface area contributed by atoms with Crippen molar-refractivity contribution >= 4 is 5.91 Å². The third-order valence-corrected chi connectivity index (χ3v) is 3.15. The molecular weight excluding hydrogens is 174 g/mol. The lowest BCUT2D eigenvalue weighted by Gasteiger charge is -2.24. The second kappa shape index (κ2) is 4.33. The highest BCUT2D eigenvalue weighted by Gasteiger charge is 2.26. The highest BCUT2D eigenvalue weighted by Crippen LogP contribution is 2.30.